The molecule has 0 aliphatic heterocycles. The van der Waals surface area contributed by atoms with E-state index in [1.807, 2.05) is 0 Å². The lowest BCUT2D eigenvalue weighted by Crippen LogP contribution is -2.26. The van der Waals surface area contributed by atoms with Gasteiger partial charge < -0.3 is 10.6 Å². The Bertz CT molecular complexity index is 900. The maximum absolute atomic E-state index is 14.1. The van der Waals surface area contributed by atoms with Crippen molar-refractivity contribution < 1.29 is 14.0 Å². The molecule has 144 valence electrons. The molecule has 1 aliphatic rings. The number of thiazole rings is 1. The molecule has 1 heterocycles. The first-order chi connectivity index (χ1) is 12.9. The first-order valence-electron chi connectivity index (χ1n) is 8.99. The van der Waals surface area contributed by atoms with Gasteiger partial charge in [0, 0.05) is 22.7 Å². The minimum absolute atomic E-state index is 0.0484. The summed E-state index contributed by atoms with van der Waals surface area (Å²) >= 11 is 1.03. The molecule has 2 N–H and O–H groups in total. The fraction of sp³-hybridized carbons (Fsp3) is 0.421. The van der Waals surface area contributed by atoms with Gasteiger partial charge in [-0.3, -0.25) is 19.0 Å². The summed E-state index contributed by atoms with van der Waals surface area (Å²) in [6.07, 6.45) is 4.79. The number of benzene rings is 1. The van der Waals surface area contributed by atoms with Crippen LogP contribution < -0.4 is 15.5 Å². The standard InChI is InChI=1S/C19H22FN3O3S/c1-12-11-27-19(26)23(12)10-17(24)21-14-7-8-15(20)16(9-14)22-18(25)13-5-3-2-4-6-13/h7-9,11,13H,2-6,10H2,1H3,(H,21,24)(H,22,25). The van der Waals surface area contributed by atoms with Crippen molar-refractivity contribution in [2.75, 3.05) is 10.6 Å². The minimum atomic E-state index is -0.554. The van der Waals surface area contributed by atoms with Crippen molar-refractivity contribution in [1.29, 1.82) is 0 Å². The van der Waals surface area contributed by atoms with Gasteiger partial charge in [-0.2, -0.15) is 0 Å². The Balaban J connectivity index is 1.66. The van der Waals surface area contributed by atoms with Gasteiger partial charge in [0.1, 0.15) is 12.4 Å². The van der Waals surface area contributed by atoms with E-state index in [1.54, 1.807) is 12.3 Å². The van der Waals surface area contributed by atoms with Gasteiger partial charge in [-0.15, -0.1) is 0 Å². The van der Waals surface area contributed by atoms with E-state index in [-0.39, 0.29) is 28.9 Å². The summed E-state index contributed by atoms with van der Waals surface area (Å²) in [5, 5.41) is 6.97. The molecule has 0 unspecified atom stereocenters. The molecule has 0 radical (unpaired) electrons. The molecule has 0 bridgehead atoms. The summed E-state index contributed by atoms with van der Waals surface area (Å²) in [4.78, 5) is 36.0. The number of carbonyl (C=O) groups is 2. The average Bonchev–Trinajstić information content (AvgIpc) is 2.97. The van der Waals surface area contributed by atoms with Gasteiger partial charge in [-0.1, -0.05) is 30.6 Å². The molecule has 1 aromatic heterocycles. The second-order valence-electron chi connectivity index (χ2n) is 6.80. The van der Waals surface area contributed by atoms with Crippen LogP contribution in [0.1, 0.15) is 37.8 Å². The van der Waals surface area contributed by atoms with Crippen molar-refractivity contribution in [2.24, 2.45) is 5.92 Å². The summed E-state index contributed by atoms with van der Waals surface area (Å²) < 4.78 is 15.4. The number of anilines is 2. The molecule has 0 atom stereocenters. The lowest BCUT2D eigenvalue weighted by atomic mass is 9.88. The Morgan fingerprint density at radius 1 is 1.22 bits per heavy atom. The zero-order valence-electron chi connectivity index (χ0n) is 15.1. The molecular weight excluding hydrogens is 369 g/mol. The van der Waals surface area contributed by atoms with Crippen LogP contribution in [0.3, 0.4) is 0 Å². The van der Waals surface area contributed by atoms with E-state index in [4.69, 9.17) is 0 Å². The van der Waals surface area contributed by atoms with Gasteiger partial charge in [0.25, 0.3) is 0 Å². The predicted molar refractivity (Wildman–Crippen MR) is 104 cm³/mol. The molecule has 3 rings (SSSR count). The van der Waals surface area contributed by atoms with Crippen LogP contribution in [0, 0.1) is 18.7 Å². The highest BCUT2D eigenvalue weighted by Gasteiger charge is 2.22. The zero-order valence-corrected chi connectivity index (χ0v) is 15.9. The normalized spacial score (nSPS) is 14.7. The Kier molecular flexibility index (Phi) is 6.05. The maximum Gasteiger partial charge on any atom is 0.307 e. The van der Waals surface area contributed by atoms with Gasteiger partial charge in [0.15, 0.2) is 0 Å². The monoisotopic (exact) mass is 391 g/mol. The van der Waals surface area contributed by atoms with Crippen molar-refractivity contribution in [3.05, 3.63) is 44.8 Å². The van der Waals surface area contributed by atoms with E-state index >= 15 is 0 Å². The van der Waals surface area contributed by atoms with Crippen molar-refractivity contribution >= 4 is 34.5 Å². The number of amides is 2. The number of aryl methyl sites for hydroxylation is 1. The molecular formula is C19H22FN3O3S. The number of hydrogen-bond donors (Lipinski definition) is 2. The minimum Gasteiger partial charge on any atom is -0.324 e. The Morgan fingerprint density at radius 3 is 2.63 bits per heavy atom. The molecule has 27 heavy (non-hydrogen) atoms. The van der Waals surface area contributed by atoms with Crippen LogP contribution >= 0.6 is 11.3 Å². The van der Waals surface area contributed by atoms with Gasteiger partial charge >= 0.3 is 4.87 Å². The van der Waals surface area contributed by atoms with Crippen LogP contribution in [0.2, 0.25) is 0 Å². The van der Waals surface area contributed by atoms with Crippen LogP contribution in [0.4, 0.5) is 15.8 Å². The summed E-state index contributed by atoms with van der Waals surface area (Å²) in [6, 6.07) is 4.03. The SMILES string of the molecule is Cc1csc(=O)n1CC(=O)Nc1ccc(F)c(NC(=O)C2CCCCC2)c1. The molecule has 2 amide bonds. The van der Waals surface area contributed by atoms with Crippen molar-refractivity contribution in [3.63, 3.8) is 0 Å². The Hall–Kier alpha value is -2.48. The molecule has 0 spiro atoms. The van der Waals surface area contributed by atoms with Crippen LogP contribution in [-0.2, 0) is 16.1 Å². The predicted octanol–water partition coefficient (Wildman–Crippen LogP) is 3.51. The molecule has 6 nitrogen and oxygen atoms in total. The van der Waals surface area contributed by atoms with E-state index in [1.165, 1.54) is 22.8 Å². The van der Waals surface area contributed by atoms with Gasteiger partial charge in [-0.25, -0.2) is 4.39 Å². The van der Waals surface area contributed by atoms with Gasteiger partial charge in [0.2, 0.25) is 11.8 Å². The molecule has 0 saturated heterocycles. The van der Waals surface area contributed by atoms with Crippen LogP contribution in [0.25, 0.3) is 0 Å². The maximum atomic E-state index is 14.1. The fourth-order valence-electron chi connectivity index (χ4n) is 3.24. The Labute approximate surface area is 160 Å². The van der Waals surface area contributed by atoms with Crippen LogP contribution in [-0.4, -0.2) is 16.4 Å². The third-order valence-electron chi connectivity index (χ3n) is 4.76. The first-order valence-corrected chi connectivity index (χ1v) is 9.87. The topological polar surface area (TPSA) is 80.2 Å². The van der Waals surface area contributed by atoms with Gasteiger partial charge in [0.05, 0.1) is 5.69 Å². The highest BCUT2D eigenvalue weighted by molar-refractivity contribution is 7.07. The number of carbonyl (C=O) groups excluding carboxylic acids is 2. The van der Waals surface area contributed by atoms with E-state index in [9.17, 15) is 18.8 Å². The van der Waals surface area contributed by atoms with Crippen molar-refractivity contribution in [3.8, 4) is 0 Å². The highest BCUT2D eigenvalue weighted by Crippen LogP contribution is 2.26. The number of halogens is 1. The number of nitrogens with one attached hydrogen (secondary N) is 2. The first kappa shape index (κ1) is 19.3. The fourth-order valence-corrected chi connectivity index (χ4v) is 3.97. The summed E-state index contributed by atoms with van der Waals surface area (Å²) in [5.41, 5.74) is 1.12. The second kappa shape index (κ2) is 8.47. The molecule has 2 aromatic rings. The van der Waals surface area contributed by atoms with E-state index in [0.717, 1.165) is 43.4 Å². The summed E-state index contributed by atoms with van der Waals surface area (Å²) in [6.45, 7) is 1.64. The van der Waals surface area contributed by atoms with Crippen molar-refractivity contribution in [1.82, 2.24) is 4.57 Å². The smallest absolute Gasteiger partial charge is 0.307 e. The van der Waals surface area contributed by atoms with Crippen LogP contribution in [0.15, 0.2) is 28.4 Å². The average molecular weight is 391 g/mol. The van der Waals surface area contributed by atoms with E-state index in [0.29, 0.717) is 11.4 Å². The summed E-state index contributed by atoms with van der Waals surface area (Å²) in [7, 11) is 0. The lowest BCUT2D eigenvalue weighted by Gasteiger charge is -2.21. The molecule has 1 aliphatic carbocycles. The third-order valence-corrected chi connectivity index (χ3v) is 5.64. The largest absolute Gasteiger partial charge is 0.324 e. The number of rotatable bonds is 5. The lowest BCUT2D eigenvalue weighted by molar-refractivity contribution is -0.120. The molecule has 1 fully saturated rings. The van der Waals surface area contributed by atoms with Crippen LogP contribution in [0.5, 0.6) is 0 Å². The Morgan fingerprint density at radius 2 is 1.96 bits per heavy atom. The highest BCUT2D eigenvalue weighted by atomic mass is 32.1. The number of nitrogens with zero attached hydrogens (tertiary/aromatic N) is 1. The quantitative estimate of drug-likeness (QED) is 0.818. The number of aromatic nitrogens is 1. The van der Waals surface area contributed by atoms with E-state index in [2.05, 4.69) is 10.6 Å². The molecule has 1 saturated carbocycles. The van der Waals surface area contributed by atoms with E-state index < -0.39 is 11.7 Å². The third kappa shape index (κ3) is 4.82. The van der Waals surface area contributed by atoms with Gasteiger partial charge in [-0.05, 0) is 38.0 Å². The number of hydrogen-bond acceptors (Lipinski definition) is 4. The molecule has 1 aromatic carbocycles. The van der Waals surface area contributed by atoms with Crippen molar-refractivity contribution in [2.45, 2.75) is 45.6 Å². The second-order valence-corrected chi connectivity index (χ2v) is 7.62. The zero-order chi connectivity index (χ0) is 19.4. The molecule has 8 heteroatoms. The summed E-state index contributed by atoms with van der Waals surface area (Å²) in [5.74, 6) is -1.22.